The van der Waals surface area contributed by atoms with E-state index in [-0.39, 0.29) is 18.3 Å². The highest BCUT2D eigenvalue weighted by Gasteiger charge is 2.28. The monoisotopic (exact) mass is 337 g/mol. The molecule has 0 bridgehead atoms. The zero-order valence-corrected chi connectivity index (χ0v) is 13.1. The number of benzene rings is 2. The molecule has 0 aliphatic heterocycles. The van der Waals surface area contributed by atoms with Gasteiger partial charge >= 0.3 is 6.18 Å². The summed E-state index contributed by atoms with van der Waals surface area (Å²) in [7, 11) is 0. The molecule has 128 valence electrons. The van der Waals surface area contributed by atoms with Crippen molar-refractivity contribution in [2.24, 2.45) is 10.7 Å². The molecule has 0 aliphatic carbocycles. The summed E-state index contributed by atoms with van der Waals surface area (Å²) < 4.78 is 41.9. The summed E-state index contributed by atoms with van der Waals surface area (Å²) in [5, 5.41) is 2.91. The normalized spacial score (nSPS) is 12.1. The fourth-order valence-corrected chi connectivity index (χ4v) is 1.97. The molecular formula is C17H18F3N3O. The molecule has 0 aliphatic rings. The maximum Gasteiger partial charge on any atom is 0.422 e. The Kier molecular flexibility index (Phi) is 5.68. The fraction of sp³-hybridized carbons (Fsp3) is 0.235. The zero-order valence-electron chi connectivity index (χ0n) is 13.1. The number of nitrogens with zero attached hydrogens (tertiary/aromatic N) is 1. The van der Waals surface area contributed by atoms with Crippen LogP contribution in [-0.2, 0) is 6.54 Å². The molecule has 0 heterocycles. The molecule has 2 aromatic rings. The topological polar surface area (TPSA) is 59.6 Å². The molecule has 0 amide bonds. The number of nitrogens with one attached hydrogen (secondary N) is 1. The molecule has 0 spiro atoms. The van der Waals surface area contributed by atoms with Crippen LogP contribution in [0.2, 0.25) is 0 Å². The number of alkyl halides is 3. The number of nitrogens with two attached hydrogens (primary N) is 1. The number of anilines is 1. The van der Waals surface area contributed by atoms with Crippen molar-refractivity contribution in [3.05, 3.63) is 59.7 Å². The van der Waals surface area contributed by atoms with Gasteiger partial charge in [0.1, 0.15) is 5.75 Å². The van der Waals surface area contributed by atoms with Crippen molar-refractivity contribution in [2.45, 2.75) is 19.6 Å². The molecule has 2 aromatic carbocycles. The van der Waals surface area contributed by atoms with Crippen molar-refractivity contribution in [3.63, 3.8) is 0 Å². The molecule has 0 unspecified atom stereocenters. The molecule has 0 saturated carbocycles. The molecule has 0 atom stereocenters. The van der Waals surface area contributed by atoms with Crippen molar-refractivity contribution >= 4 is 11.6 Å². The lowest BCUT2D eigenvalue weighted by Crippen LogP contribution is -2.22. The van der Waals surface area contributed by atoms with E-state index in [0.717, 1.165) is 11.3 Å². The zero-order chi connectivity index (χ0) is 17.6. The van der Waals surface area contributed by atoms with Crippen LogP contribution < -0.4 is 15.8 Å². The first-order chi connectivity index (χ1) is 11.3. The average molecular weight is 337 g/mol. The molecule has 4 nitrogen and oxygen atoms in total. The summed E-state index contributed by atoms with van der Waals surface area (Å²) in [4.78, 5) is 4.15. The van der Waals surface area contributed by atoms with Crippen molar-refractivity contribution in [2.75, 3.05) is 11.9 Å². The summed E-state index contributed by atoms with van der Waals surface area (Å²) in [5.41, 5.74) is 7.90. The van der Waals surface area contributed by atoms with Gasteiger partial charge in [0.25, 0.3) is 0 Å². The number of aliphatic imine (C=N–C) groups is 1. The highest BCUT2D eigenvalue weighted by molar-refractivity contribution is 5.92. The Labute approximate surface area is 138 Å². The fourth-order valence-electron chi connectivity index (χ4n) is 1.97. The lowest BCUT2D eigenvalue weighted by Gasteiger charge is -2.13. The van der Waals surface area contributed by atoms with Crippen molar-refractivity contribution in [3.8, 4) is 5.75 Å². The molecule has 0 fully saturated rings. The Morgan fingerprint density at radius 3 is 2.54 bits per heavy atom. The van der Waals surface area contributed by atoms with E-state index in [4.69, 9.17) is 10.5 Å². The molecule has 0 saturated heterocycles. The van der Waals surface area contributed by atoms with Crippen molar-refractivity contribution in [1.29, 1.82) is 0 Å². The maximum atomic E-state index is 12.3. The van der Waals surface area contributed by atoms with Gasteiger partial charge in [-0.3, -0.25) is 0 Å². The van der Waals surface area contributed by atoms with Crippen LogP contribution >= 0.6 is 0 Å². The molecule has 2 rings (SSSR count). The van der Waals surface area contributed by atoms with Crippen molar-refractivity contribution in [1.82, 2.24) is 0 Å². The Bertz CT molecular complexity index is 700. The van der Waals surface area contributed by atoms with Gasteiger partial charge < -0.3 is 15.8 Å². The summed E-state index contributed by atoms with van der Waals surface area (Å²) in [6, 6.07) is 14.2. The number of para-hydroxylation sites is 1. The van der Waals surface area contributed by atoms with E-state index in [0.29, 0.717) is 5.56 Å². The van der Waals surface area contributed by atoms with Gasteiger partial charge in [0.15, 0.2) is 12.6 Å². The van der Waals surface area contributed by atoms with Crippen molar-refractivity contribution < 1.29 is 17.9 Å². The van der Waals surface area contributed by atoms with Gasteiger partial charge in [-0.15, -0.1) is 0 Å². The van der Waals surface area contributed by atoms with Crippen LogP contribution in [0.5, 0.6) is 5.75 Å². The summed E-state index contributed by atoms with van der Waals surface area (Å²) >= 11 is 0. The standard InChI is InChI=1S/C17H18F3N3O/c1-12-7-8-13(15(9-12)24-11-17(18,19)20)10-22-16(21)23-14-5-3-2-4-6-14/h2-9H,10-11H2,1H3,(H3,21,22,23). The van der Waals surface area contributed by atoms with Crippen LogP contribution in [0.25, 0.3) is 0 Å². The lowest BCUT2D eigenvalue weighted by molar-refractivity contribution is -0.153. The van der Waals surface area contributed by atoms with Gasteiger partial charge in [0.2, 0.25) is 0 Å². The molecular weight excluding hydrogens is 319 g/mol. The van der Waals surface area contributed by atoms with Gasteiger partial charge in [-0.05, 0) is 30.7 Å². The van der Waals surface area contributed by atoms with E-state index in [1.165, 1.54) is 0 Å². The smallest absolute Gasteiger partial charge is 0.422 e. The van der Waals surface area contributed by atoms with Crippen LogP contribution in [0, 0.1) is 6.92 Å². The van der Waals surface area contributed by atoms with E-state index in [1.807, 2.05) is 30.3 Å². The SMILES string of the molecule is Cc1ccc(CN=C(N)Nc2ccccc2)c(OCC(F)(F)F)c1. The Hall–Kier alpha value is -2.70. The second-order valence-electron chi connectivity index (χ2n) is 5.21. The van der Waals surface area contributed by atoms with Crippen LogP contribution in [0.1, 0.15) is 11.1 Å². The molecule has 7 heteroatoms. The van der Waals surface area contributed by atoms with E-state index in [2.05, 4.69) is 10.3 Å². The quantitative estimate of drug-likeness (QED) is 0.643. The van der Waals surface area contributed by atoms with Crippen LogP contribution in [0.4, 0.5) is 18.9 Å². The average Bonchev–Trinajstić information content (AvgIpc) is 2.52. The van der Waals surface area contributed by atoms with E-state index < -0.39 is 12.8 Å². The number of hydrogen-bond donors (Lipinski definition) is 2. The second-order valence-corrected chi connectivity index (χ2v) is 5.21. The number of hydrogen-bond acceptors (Lipinski definition) is 2. The van der Waals surface area contributed by atoms with Gasteiger partial charge in [-0.25, -0.2) is 4.99 Å². The molecule has 24 heavy (non-hydrogen) atoms. The van der Waals surface area contributed by atoms with Crippen LogP contribution in [-0.4, -0.2) is 18.7 Å². The first-order valence-corrected chi connectivity index (χ1v) is 7.24. The lowest BCUT2D eigenvalue weighted by atomic mass is 10.1. The first-order valence-electron chi connectivity index (χ1n) is 7.24. The third kappa shape index (κ3) is 5.83. The van der Waals surface area contributed by atoms with E-state index >= 15 is 0 Å². The van der Waals surface area contributed by atoms with E-state index in [1.54, 1.807) is 25.1 Å². The largest absolute Gasteiger partial charge is 0.484 e. The molecule has 0 radical (unpaired) electrons. The Morgan fingerprint density at radius 1 is 1.17 bits per heavy atom. The first kappa shape index (κ1) is 17.7. The maximum absolute atomic E-state index is 12.3. The summed E-state index contributed by atoms with van der Waals surface area (Å²) in [6.07, 6.45) is -4.39. The van der Waals surface area contributed by atoms with Crippen LogP contribution in [0.15, 0.2) is 53.5 Å². The molecule has 3 N–H and O–H groups in total. The van der Waals surface area contributed by atoms with Crippen LogP contribution in [0.3, 0.4) is 0 Å². The number of aryl methyl sites for hydroxylation is 1. The summed E-state index contributed by atoms with van der Waals surface area (Å²) in [5.74, 6) is 0.326. The van der Waals surface area contributed by atoms with Gasteiger partial charge in [0, 0.05) is 11.3 Å². The van der Waals surface area contributed by atoms with Gasteiger partial charge in [-0.1, -0.05) is 30.3 Å². The van der Waals surface area contributed by atoms with Gasteiger partial charge in [0.05, 0.1) is 6.54 Å². The predicted octanol–water partition coefficient (Wildman–Crippen LogP) is 3.86. The Balaban J connectivity index is 2.06. The minimum absolute atomic E-state index is 0.110. The highest BCUT2D eigenvalue weighted by atomic mass is 19.4. The minimum Gasteiger partial charge on any atom is -0.484 e. The third-order valence-corrected chi connectivity index (χ3v) is 3.08. The summed E-state index contributed by atoms with van der Waals surface area (Å²) in [6.45, 7) is 0.545. The third-order valence-electron chi connectivity index (χ3n) is 3.08. The number of halogens is 3. The van der Waals surface area contributed by atoms with Gasteiger partial charge in [-0.2, -0.15) is 13.2 Å². The number of rotatable bonds is 5. The number of guanidine groups is 1. The molecule has 0 aromatic heterocycles. The number of ether oxygens (including phenoxy) is 1. The Morgan fingerprint density at radius 2 is 1.88 bits per heavy atom. The van der Waals surface area contributed by atoms with E-state index in [9.17, 15) is 13.2 Å². The highest BCUT2D eigenvalue weighted by Crippen LogP contribution is 2.24. The predicted molar refractivity (Wildman–Crippen MR) is 88.1 cm³/mol. The second kappa shape index (κ2) is 7.72. The minimum atomic E-state index is -4.39.